The number of benzene rings is 2. The van der Waals surface area contributed by atoms with E-state index in [1.54, 1.807) is 37.3 Å². The molecule has 6 nitrogen and oxygen atoms in total. The molecule has 4 rings (SSSR count). The monoisotopic (exact) mass is 349 g/mol. The zero-order valence-electron chi connectivity index (χ0n) is 14.0. The van der Waals surface area contributed by atoms with Crippen molar-refractivity contribution >= 4 is 28.8 Å². The summed E-state index contributed by atoms with van der Waals surface area (Å²) in [7, 11) is 0. The largest absolute Gasteiger partial charge is 0.458 e. The fourth-order valence-electron chi connectivity index (χ4n) is 3.11. The molecule has 0 aliphatic carbocycles. The van der Waals surface area contributed by atoms with Crippen LogP contribution in [0.2, 0.25) is 0 Å². The van der Waals surface area contributed by atoms with Crippen molar-refractivity contribution in [1.82, 2.24) is 4.90 Å². The maximum Gasteiger partial charge on any atom is 0.374 e. The maximum atomic E-state index is 12.3. The van der Waals surface area contributed by atoms with Gasteiger partial charge in [0, 0.05) is 10.9 Å². The van der Waals surface area contributed by atoms with Gasteiger partial charge in [-0.1, -0.05) is 30.3 Å². The second-order valence-corrected chi connectivity index (χ2v) is 6.00. The van der Waals surface area contributed by atoms with Gasteiger partial charge in [0.05, 0.1) is 17.7 Å². The van der Waals surface area contributed by atoms with E-state index in [0.717, 1.165) is 10.3 Å². The SMILES string of the molecule is Cc1c(C(=O)OCCN2C(=O)c3ccccc3C2=O)oc2ccccc12. The van der Waals surface area contributed by atoms with E-state index in [-0.39, 0.29) is 30.7 Å². The summed E-state index contributed by atoms with van der Waals surface area (Å²) < 4.78 is 10.8. The number of carbonyl (C=O) groups excluding carboxylic acids is 3. The summed E-state index contributed by atoms with van der Waals surface area (Å²) in [5.74, 6) is -1.23. The lowest BCUT2D eigenvalue weighted by Crippen LogP contribution is -2.33. The van der Waals surface area contributed by atoms with Crippen LogP contribution in [0.4, 0.5) is 0 Å². The Hall–Kier alpha value is -3.41. The number of furan rings is 1. The minimum Gasteiger partial charge on any atom is -0.458 e. The van der Waals surface area contributed by atoms with Gasteiger partial charge in [-0.3, -0.25) is 14.5 Å². The molecule has 2 heterocycles. The highest BCUT2D eigenvalue weighted by Gasteiger charge is 2.35. The third-order valence-corrected chi connectivity index (χ3v) is 4.46. The third-order valence-electron chi connectivity index (χ3n) is 4.46. The van der Waals surface area contributed by atoms with Crippen LogP contribution in [0.25, 0.3) is 11.0 Å². The number of nitrogens with zero attached hydrogens (tertiary/aromatic N) is 1. The van der Waals surface area contributed by atoms with Crippen molar-refractivity contribution in [2.45, 2.75) is 6.92 Å². The highest BCUT2D eigenvalue weighted by Crippen LogP contribution is 2.26. The number of amides is 2. The van der Waals surface area contributed by atoms with Crippen LogP contribution in [0, 0.1) is 6.92 Å². The van der Waals surface area contributed by atoms with E-state index in [9.17, 15) is 14.4 Å². The molecule has 1 aromatic heterocycles. The smallest absolute Gasteiger partial charge is 0.374 e. The Morgan fingerprint density at radius 2 is 1.62 bits per heavy atom. The number of aryl methyl sites for hydroxylation is 1. The standard InChI is InChI=1S/C20H15NO5/c1-12-13-6-4-5-9-16(13)26-17(12)20(24)25-11-10-21-18(22)14-7-2-3-8-15(14)19(21)23/h2-9H,10-11H2,1H3. The highest BCUT2D eigenvalue weighted by atomic mass is 16.5. The minimum absolute atomic E-state index is 0.00262. The fraction of sp³-hybridized carbons (Fsp3) is 0.150. The number of rotatable bonds is 4. The van der Waals surface area contributed by atoms with Gasteiger partial charge in [0.1, 0.15) is 12.2 Å². The Morgan fingerprint density at radius 1 is 1.00 bits per heavy atom. The number of para-hydroxylation sites is 1. The molecule has 6 heteroatoms. The predicted molar refractivity (Wildman–Crippen MR) is 93.0 cm³/mol. The number of imide groups is 1. The first-order valence-electron chi connectivity index (χ1n) is 8.18. The predicted octanol–water partition coefficient (Wildman–Crippen LogP) is 3.19. The van der Waals surface area contributed by atoms with Gasteiger partial charge in [-0.05, 0) is 25.1 Å². The van der Waals surface area contributed by atoms with Crippen LogP contribution in [0.1, 0.15) is 36.8 Å². The molecule has 2 amide bonds. The molecule has 0 unspecified atom stereocenters. The van der Waals surface area contributed by atoms with Crippen molar-refractivity contribution in [3.05, 3.63) is 71.0 Å². The summed E-state index contributed by atoms with van der Waals surface area (Å²) in [6.07, 6.45) is 0. The summed E-state index contributed by atoms with van der Waals surface area (Å²) in [6, 6.07) is 14.0. The first-order valence-corrected chi connectivity index (χ1v) is 8.18. The van der Waals surface area contributed by atoms with Crippen molar-refractivity contribution in [2.75, 3.05) is 13.2 Å². The Morgan fingerprint density at radius 3 is 2.27 bits per heavy atom. The molecule has 1 aliphatic rings. The van der Waals surface area contributed by atoms with E-state index in [0.29, 0.717) is 22.3 Å². The molecule has 26 heavy (non-hydrogen) atoms. The molecule has 2 aromatic carbocycles. The van der Waals surface area contributed by atoms with E-state index in [1.807, 2.05) is 18.2 Å². The maximum absolute atomic E-state index is 12.3. The van der Waals surface area contributed by atoms with Gasteiger partial charge in [0.15, 0.2) is 0 Å². The molecule has 0 radical (unpaired) electrons. The lowest BCUT2D eigenvalue weighted by molar-refractivity contribution is 0.0395. The number of ether oxygens (including phenoxy) is 1. The van der Waals surface area contributed by atoms with Gasteiger partial charge in [-0.15, -0.1) is 0 Å². The van der Waals surface area contributed by atoms with Crippen LogP contribution in [-0.4, -0.2) is 35.8 Å². The average molecular weight is 349 g/mol. The Labute approximate surface area is 149 Å². The summed E-state index contributed by atoms with van der Waals surface area (Å²) in [5, 5.41) is 0.847. The van der Waals surface area contributed by atoms with Crippen molar-refractivity contribution in [2.24, 2.45) is 0 Å². The molecule has 0 saturated heterocycles. The van der Waals surface area contributed by atoms with Gasteiger partial charge in [0.2, 0.25) is 5.76 Å². The van der Waals surface area contributed by atoms with Gasteiger partial charge in [0.25, 0.3) is 11.8 Å². The third kappa shape index (κ3) is 2.47. The average Bonchev–Trinajstić information content (AvgIpc) is 3.12. The molecular weight excluding hydrogens is 334 g/mol. The van der Waals surface area contributed by atoms with E-state index >= 15 is 0 Å². The van der Waals surface area contributed by atoms with Gasteiger partial charge >= 0.3 is 5.97 Å². The number of hydrogen-bond acceptors (Lipinski definition) is 5. The Kier molecular flexibility index (Phi) is 3.80. The van der Waals surface area contributed by atoms with Crippen molar-refractivity contribution in [3.8, 4) is 0 Å². The minimum atomic E-state index is -0.615. The quantitative estimate of drug-likeness (QED) is 0.534. The molecule has 0 bridgehead atoms. The zero-order chi connectivity index (χ0) is 18.3. The van der Waals surface area contributed by atoms with E-state index in [1.165, 1.54) is 0 Å². The van der Waals surface area contributed by atoms with Crippen LogP contribution in [0.3, 0.4) is 0 Å². The second kappa shape index (κ2) is 6.15. The van der Waals surface area contributed by atoms with Crippen LogP contribution in [0.5, 0.6) is 0 Å². The molecule has 0 saturated carbocycles. The summed E-state index contributed by atoms with van der Waals surface area (Å²) >= 11 is 0. The fourth-order valence-corrected chi connectivity index (χ4v) is 3.11. The zero-order valence-corrected chi connectivity index (χ0v) is 14.0. The van der Waals surface area contributed by atoms with Crippen LogP contribution >= 0.6 is 0 Å². The van der Waals surface area contributed by atoms with E-state index in [4.69, 9.17) is 9.15 Å². The van der Waals surface area contributed by atoms with Crippen LogP contribution < -0.4 is 0 Å². The summed E-state index contributed by atoms with van der Waals surface area (Å²) in [5.41, 5.74) is 2.05. The summed E-state index contributed by atoms with van der Waals surface area (Å²) in [6.45, 7) is 1.69. The topological polar surface area (TPSA) is 76.8 Å². The second-order valence-electron chi connectivity index (χ2n) is 6.00. The first kappa shape index (κ1) is 16.1. The van der Waals surface area contributed by atoms with Gasteiger partial charge < -0.3 is 9.15 Å². The molecule has 0 N–H and O–H groups in total. The van der Waals surface area contributed by atoms with E-state index in [2.05, 4.69) is 0 Å². The van der Waals surface area contributed by atoms with E-state index < -0.39 is 5.97 Å². The number of fused-ring (bicyclic) bond motifs is 2. The molecular formula is C20H15NO5. The lowest BCUT2D eigenvalue weighted by atomic mass is 10.1. The lowest BCUT2D eigenvalue weighted by Gasteiger charge is -2.13. The molecule has 0 spiro atoms. The molecule has 3 aromatic rings. The molecule has 1 aliphatic heterocycles. The van der Waals surface area contributed by atoms with Gasteiger partial charge in [-0.2, -0.15) is 0 Å². The normalized spacial score (nSPS) is 13.3. The molecule has 0 fully saturated rings. The van der Waals surface area contributed by atoms with Crippen molar-refractivity contribution in [1.29, 1.82) is 0 Å². The highest BCUT2D eigenvalue weighted by molar-refractivity contribution is 6.21. The van der Waals surface area contributed by atoms with Crippen molar-refractivity contribution < 1.29 is 23.5 Å². The molecule has 130 valence electrons. The van der Waals surface area contributed by atoms with Crippen molar-refractivity contribution in [3.63, 3.8) is 0 Å². The number of hydrogen-bond donors (Lipinski definition) is 0. The molecule has 0 atom stereocenters. The van der Waals surface area contributed by atoms with Crippen LogP contribution in [-0.2, 0) is 4.74 Å². The Bertz CT molecular complexity index is 1010. The summed E-state index contributed by atoms with van der Waals surface area (Å²) in [4.78, 5) is 37.9. The number of esters is 1. The first-order chi connectivity index (χ1) is 12.6. The Balaban J connectivity index is 1.44. The van der Waals surface area contributed by atoms with Crippen LogP contribution in [0.15, 0.2) is 52.9 Å². The van der Waals surface area contributed by atoms with Gasteiger partial charge in [-0.25, -0.2) is 4.79 Å². The number of carbonyl (C=O) groups is 3.